The van der Waals surface area contributed by atoms with E-state index in [2.05, 4.69) is 0 Å². The van der Waals surface area contributed by atoms with E-state index in [-0.39, 0.29) is 71.4 Å². The lowest BCUT2D eigenvalue weighted by Crippen LogP contribution is -2.36. The molecule has 2 heterocycles. The number of fused-ring (bicyclic) bond motifs is 2. The number of Topliss-reactive ketones (excluding diaryl/α,β-unsaturated/α-hetero) is 2. The van der Waals surface area contributed by atoms with E-state index in [9.17, 15) is 14.4 Å². The molecule has 12 heteroatoms. The summed E-state index contributed by atoms with van der Waals surface area (Å²) in [6, 6.07) is 6.54. The number of carbonyl (C=O) groups is 3. The lowest BCUT2D eigenvalue weighted by molar-refractivity contribution is -0.141. The average molecular weight is 661 g/mol. The topological polar surface area (TPSA) is 108 Å². The number of halogens is 2. The molecule has 0 amide bonds. The minimum atomic E-state index is -0.869. The van der Waals surface area contributed by atoms with Crippen molar-refractivity contribution in [2.75, 3.05) is 27.4 Å². The van der Waals surface area contributed by atoms with Gasteiger partial charge in [-0.3, -0.25) is 14.4 Å². The van der Waals surface area contributed by atoms with Gasteiger partial charge in [0.05, 0.1) is 38.2 Å². The van der Waals surface area contributed by atoms with Crippen molar-refractivity contribution in [1.82, 2.24) is 0 Å². The molecule has 0 bridgehead atoms. The van der Waals surface area contributed by atoms with E-state index < -0.39 is 23.5 Å². The number of hydrogen-bond acceptors (Lipinski definition) is 9. The lowest BCUT2D eigenvalue weighted by Gasteiger charge is -2.33. The van der Waals surface area contributed by atoms with Crippen LogP contribution in [0, 0.1) is 29.4 Å². The normalized spacial score (nSPS) is 16.8. The summed E-state index contributed by atoms with van der Waals surface area (Å²) in [5.74, 6) is -3.13. The second kappa shape index (κ2) is 13.7. The molecule has 0 saturated heterocycles. The van der Waals surface area contributed by atoms with Gasteiger partial charge < -0.3 is 24.1 Å². The molecule has 1 saturated carbocycles. The number of carboxylic acids is 1. The Morgan fingerprint density at radius 1 is 0.889 bits per heavy atom. The molecule has 0 radical (unpaired) electrons. The smallest absolute Gasteiger partial charge is 0.306 e. The van der Waals surface area contributed by atoms with Crippen LogP contribution in [-0.4, -0.2) is 50.1 Å². The summed E-state index contributed by atoms with van der Waals surface area (Å²) in [5.41, 5.74) is 0. The molecule has 8 nitrogen and oxygen atoms in total. The summed E-state index contributed by atoms with van der Waals surface area (Å²) in [6.45, 7) is 3.22. The zero-order chi connectivity index (χ0) is 32.4. The van der Waals surface area contributed by atoms with Crippen molar-refractivity contribution < 1.29 is 47.2 Å². The number of methoxy groups -OCH3 is 2. The van der Waals surface area contributed by atoms with E-state index in [1.165, 1.54) is 38.5 Å². The van der Waals surface area contributed by atoms with Crippen molar-refractivity contribution >= 4 is 60.4 Å². The van der Waals surface area contributed by atoms with Crippen LogP contribution in [0.2, 0.25) is 0 Å². The summed E-state index contributed by atoms with van der Waals surface area (Å²) in [4.78, 5) is 37.3. The molecule has 240 valence electrons. The monoisotopic (exact) mass is 660 g/mol. The lowest BCUT2D eigenvalue weighted by atomic mass is 9.69. The summed E-state index contributed by atoms with van der Waals surface area (Å²) >= 11 is 2.54. The highest BCUT2D eigenvalue weighted by Gasteiger charge is 2.40. The Hall–Kier alpha value is -3.77. The SMILES string of the molecule is COc1cc2sc(CC[C@H](C)C(=O)O)cc2c(F)c1OCCCOc1c(OC)cc2sc(C(=O)[C@@H]3CC[C@H]3C(C)=O)cc2c1F. The van der Waals surface area contributed by atoms with Gasteiger partial charge in [-0.05, 0) is 44.7 Å². The Labute approximate surface area is 266 Å². The maximum atomic E-state index is 15.6. The fourth-order valence-electron chi connectivity index (χ4n) is 5.44. The van der Waals surface area contributed by atoms with Crippen LogP contribution in [0.4, 0.5) is 8.78 Å². The standard InChI is InChI=1S/C33H34F2O8S2/c1-16(33(38)39)6-7-18-12-21-25(44-18)14-23(40-3)31(28(21)34)42-10-5-11-43-32-24(41-4)15-26-22(29(32)35)13-27(45-26)30(37)20-9-8-19(20)17(2)36/h12-16,19-20H,5-11H2,1-4H3,(H,38,39)/t16-,19-,20+/m0/s1. The number of carbonyl (C=O) groups excluding carboxylic acids is 2. The van der Waals surface area contributed by atoms with Crippen molar-refractivity contribution in [2.45, 2.75) is 46.0 Å². The maximum Gasteiger partial charge on any atom is 0.306 e. The molecule has 4 aromatic rings. The quantitative estimate of drug-likeness (QED) is 0.102. The largest absolute Gasteiger partial charge is 0.493 e. The first-order valence-electron chi connectivity index (χ1n) is 14.7. The molecule has 1 fully saturated rings. The Bertz CT molecular complexity index is 1760. The zero-order valence-electron chi connectivity index (χ0n) is 25.4. The van der Waals surface area contributed by atoms with E-state index in [4.69, 9.17) is 24.1 Å². The van der Waals surface area contributed by atoms with Crippen LogP contribution in [-0.2, 0) is 16.0 Å². The summed E-state index contributed by atoms with van der Waals surface area (Å²) in [5, 5.41) is 9.75. The van der Waals surface area contributed by atoms with Crippen molar-refractivity contribution in [1.29, 1.82) is 0 Å². The van der Waals surface area contributed by atoms with E-state index in [0.717, 1.165) is 16.2 Å². The molecule has 45 heavy (non-hydrogen) atoms. The first-order valence-corrected chi connectivity index (χ1v) is 16.3. The van der Waals surface area contributed by atoms with Gasteiger partial charge in [-0.25, -0.2) is 8.78 Å². The minimum Gasteiger partial charge on any atom is -0.493 e. The van der Waals surface area contributed by atoms with Gasteiger partial charge in [0.1, 0.15) is 5.78 Å². The Balaban J connectivity index is 1.24. The molecule has 1 aliphatic rings. The van der Waals surface area contributed by atoms with Crippen molar-refractivity contribution in [3.05, 3.63) is 45.7 Å². The molecule has 5 rings (SSSR count). The van der Waals surface area contributed by atoms with Crippen molar-refractivity contribution in [3.63, 3.8) is 0 Å². The number of ether oxygens (including phenoxy) is 4. The molecule has 2 aromatic carbocycles. The van der Waals surface area contributed by atoms with Crippen LogP contribution in [0.25, 0.3) is 20.2 Å². The van der Waals surface area contributed by atoms with Crippen LogP contribution >= 0.6 is 22.7 Å². The summed E-state index contributed by atoms with van der Waals surface area (Å²) < 4.78 is 54.6. The van der Waals surface area contributed by atoms with Gasteiger partial charge in [0.2, 0.25) is 0 Å². The van der Waals surface area contributed by atoms with Crippen LogP contribution in [0.1, 0.15) is 54.1 Å². The maximum absolute atomic E-state index is 15.6. The van der Waals surface area contributed by atoms with E-state index in [1.54, 1.807) is 25.1 Å². The third-order valence-corrected chi connectivity index (χ3v) is 10.5. The Morgan fingerprint density at radius 3 is 1.96 bits per heavy atom. The minimum absolute atomic E-state index is 0.00443. The highest BCUT2D eigenvalue weighted by molar-refractivity contribution is 7.21. The molecule has 0 spiro atoms. The zero-order valence-corrected chi connectivity index (χ0v) is 27.0. The number of ketones is 2. The molecule has 1 N–H and O–H groups in total. The van der Waals surface area contributed by atoms with Gasteiger partial charge in [-0.15, -0.1) is 22.7 Å². The van der Waals surface area contributed by atoms with Crippen LogP contribution in [0.5, 0.6) is 23.0 Å². The molecule has 0 aliphatic heterocycles. The number of aryl methyl sites for hydroxylation is 1. The second-order valence-electron chi connectivity index (χ2n) is 11.2. The van der Waals surface area contributed by atoms with Gasteiger partial charge in [-0.1, -0.05) is 6.92 Å². The first kappa shape index (κ1) is 32.6. The van der Waals surface area contributed by atoms with Gasteiger partial charge in [-0.2, -0.15) is 0 Å². The Kier molecular flexibility index (Phi) is 9.93. The van der Waals surface area contributed by atoms with Crippen molar-refractivity contribution in [2.24, 2.45) is 17.8 Å². The number of rotatable bonds is 15. The molecular weight excluding hydrogens is 626 g/mol. The predicted octanol–water partition coefficient (Wildman–Crippen LogP) is 7.71. The number of benzene rings is 2. The second-order valence-corrected chi connectivity index (χ2v) is 13.4. The predicted molar refractivity (Wildman–Crippen MR) is 169 cm³/mol. The number of thiophene rings is 2. The molecule has 3 atom stereocenters. The number of aliphatic carboxylic acids is 1. The van der Waals surface area contributed by atoms with Crippen molar-refractivity contribution in [3.8, 4) is 23.0 Å². The van der Waals surface area contributed by atoms with Gasteiger partial charge in [0.25, 0.3) is 0 Å². The number of hydrogen-bond donors (Lipinski definition) is 1. The molecular formula is C33H34F2O8S2. The van der Waals surface area contributed by atoms with Crippen LogP contribution in [0.15, 0.2) is 24.3 Å². The third kappa shape index (κ3) is 6.62. The van der Waals surface area contributed by atoms with Gasteiger partial charge in [0, 0.05) is 55.4 Å². The Morgan fingerprint density at radius 2 is 1.44 bits per heavy atom. The number of carboxylic acid groups (broad SMARTS) is 1. The molecule has 1 aliphatic carbocycles. The van der Waals surface area contributed by atoms with Gasteiger partial charge in [0.15, 0.2) is 40.4 Å². The van der Waals surface area contributed by atoms with E-state index >= 15 is 8.78 Å². The van der Waals surface area contributed by atoms with E-state index in [1.807, 2.05) is 0 Å². The summed E-state index contributed by atoms with van der Waals surface area (Å²) in [6.07, 6.45) is 2.57. The van der Waals surface area contributed by atoms with Crippen LogP contribution in [0.3, 0.4) is 0 Å². The molecule has 2 aromatic heterocycles. The fourth-order valence-corrected chi connectivity index (χ4v) is 7.63. The highest BCUT2D eigenvalue weighted by atomic mass is 32.1. The van der Waals surface area contributed by atoms with E-state index in [0.29, 0.717) is 45.3 Å². The fraction of sp³-hybridized carbons (Fsp3) is 0.424. The average Bonchev–Trinajstić information content (AvgIpc) is 3.61. The van der Waals surface area contributed by atoms with Crippen LogP contribution < -0.4 is 18.9 Å². The first-order chi connectivity index (χ1) is 21.5. The summed E-state index contributed by atoms with van der Waals surface area (Å²) in [7, 11) is 2.82. The van der Waals surface area contributed by atoms with Gasteiger partial charge >= 0.3 is 5.97 Å². The molecule has 0 unspecified atom stereocenters. The third-order valence-electron chi connectivity index (χ3n) is 8.26. The highest BCUT2D eigenvalue weighted by Crippen LogP contribution is 2.44.